The molecule has 0 saturated carbocycles. The van der Waals surface area contributed by atoms with E-state index in [1.165, 1.54) is 0 Å². The SMILES string of the molecule is COCCNCC(=O)NCC(C)Oc1ccc(OC)cc1.Cl. The molecule has 126 valence electrons. The van der Waals surface area contributed by atoms with E-state index in [1.807, 2.05) is 31.2 Å². The lowest BCUT2D eigenvalue weighted by Gasteiger charge is -2.16. The van der Waals surface area contributed by atoms with Gasteiger partial charge in [0, 0.05) is 13.7 Å². The fourth-order valence-electron chi connectivity index (χ4n) is 1.62. The molecule has 0 aliphatic carbocycles. The van der Waals surface area contributed by atoms with Gasteiger partial charge in [-0.05, 0) is 31.2 Å². The molecule has 1 aromatic rings. The molecule has 2 N–H and O–H groups in total. The van der Waals surface area contributed by atoms with Crippen molar-refractivity contribution in [1.82, 2.24) is 10.6 Å². The number of hydrogen-bond acceptors (Lipinski definition) is 5. The molecule has 0 aliphatic rings. The molecular formula is C15H25ClN2O4. The largest absolute Gasteiger partial charge is 0.497 e. The first-order chi connectivity index (χ1) is 10.2. The molecule has 1 unspecified atom stereocenters. The van der Waals surface area contributed by atoms with E-state index in [1.54, 1.807) is 14.2 Å². The van der Waals surface area contributed by atoms with E-state index in [0.717, 1.165) is 11.5 Å². The van der Waals surface area contributed by atoms with Gasteiger partial charge in [0.25, 0.3) is 0 Å². The first-order valence-electron chi connectivity index (χ1n) is 6.92. The number of amides is 1. The predicted octanol–water partition coefficient (Wildman–Crippen LogP) is 1.24. The highest BCUT2D eigenvalue weighted by Gasteiger charge is 2.07. The summed E-state index contributed by atoms with van der Waals surface area (Å²) in [6.07, 6.45) is -0.110. The molecule has 1 amide bonds. The average molecular weight is 333 g/mol. The van der Waals surface area contributed by atoms with Crippen LogP contribution in [0.2, 0.25) is 0 Å². The zero-order valence-corrected chi connectivity index (χ0v) is 14.1. The Morgan fingerprint density at radius 3 is 2.41 bits per heavy atom. The average Bonchev–Trinajstić information content (AvgIpc) is 2.50. The summed E-state index contributed by atoms with van der Waals surface area (Å²) in [5.74, 6) is 1.47. The molecule has 0 radical (unpaired) electrons. The highest BCUT2D eigenvalue weighted by molar-refractivity contribution is 5.85. The number of carbonyl (C=O) groups is 1. The van der Waals surface area contributed by atoms with E-state index in [0.29, 0.717) is 19.7 Å². The van der Waals surface area contributed by atoms with Crippen molar-refractivity contribution in [1.29, 1.82) is 0 Å². The van der Waals surface area contributed by atoms with Crippen molar-refractivity contribution in [2.24, 2.45) is 0 Å². The van der Waals surface area contributed by atoms with Crippen LogP contribution in [0.1, 0.15) is 6.92 Å². The lowest BCUT2D eigenvalue weighted by Crippen LogP contribution is -2.39. The molecule has 0 bridgehead atoms. The standard InChI is InChI=1S/C15H24N2O4.ClH/c1-12(10-17-15(18)11-16-8-9-19-2)21-14-6-4-13(20-3)5-7-14;/h4-7,12,16H,8-11H2,1-3H3,(H,17,18);1H. The van der Waals surface area contributed by atoms with Gasteiger partial charge in [-0.3, -0.25) is 4.79 Å². The lowest BCUT2D eigenvalue weighted by atomic mass is 10.3. The molecule has 1 atom stereocenters. The van der Waals surface area contributed by atoms with E-state index >= 15 is 0 Å². The number of ether oxygens (including phenoxy) is 3. The Bertz CT molecular complexity index is 415. The Kier molecular flexibility index (Phi) is 11.3. The number of methoxy groups -OCH3 is 2. The molecule has 0 spiro atoms. The van der Waals surface area contributed by atoms with Crippen molar-refractivity contribution in [3.05, 3.63) is 24.3 Å². The van der Waals surface area contributed by atoms with Crippen LogP contribution in [0.25, 0.3) is 0 Å². The summed E-state index contributed by atoms with van der Waals surface area (Å²) in [5, 5.41) is 5.79. The summed E-state index contributed by atoms with van der Waals surface area (Å²) in [7, 11) is 3.24. The van der Waals surface area contributed by atoms with Crippen molar-refractivity contribution < 1.29 is 19.0 Å². The quantitative estimate of drug-likeness (QED) is 0.631. The van der Waals surface area contributed by atoms with E-state index in [9.17, 15) is 4.79 Å². The fraction of sp³-hybridized carbons (Fsp3) is 0.533. The van der Waals surface area contributed by atoms with Gasteiger partial charge in [0.05, 0.1) is 26.8 Å². The maximum absolute atomic E-state index is 11.6. The van der Waals surface area contributed by atoms with Gasteiger partial charge in [0.2, 0.25) is 5.91 Å². The Hall–Kier alpha value is -1.50. The van der Waals surface area contributed by atoms with E-state index in [-0.39, 0.29) is 31.0 Å². The highest BCUT2D eigenvalue weighted by atomic mass is 35.5. The van der Waals surface area contributed by atoms with Crippen molar-refractivity contribution in [3.63, 3.8) is 0 Å². The Morgan fingerprint density at radius 2 is 1.82 bits per heavy atom. The Morgan fingerprint density at radius 1 is 1.18 bits per heavy atom. The molecule has 0 aliphatic heterocycles. The number of halogens is 1. The maximum Gasteiger partial charge on any atom is 0.234 e. The van der Waals surface area contributed by atoms with Crippen LogP contribution in [0.15, 0.2) is 24.3 Å². The number of nitrogens with one attached hydrogen (secondary N) is 2. The molecule has 6 nitrogen and oxygen atoms in total. The molecular weight excluding hydrogens is 308 g/mol. The van der Waals surface area contributed by atoms with Crippen LogP contribution in [-0.2, 0) is 9.53 Å². The first kappa shape index (κ1) is 20.5. The zero-order valence-electron chi connectivity index (χ0n) is 13.3. The third kappa shape index (κ3) is 8.71. The van der Waals surface area contributed by atoms with Crippen molar-refractivity contribution in [2.75, 3.05) is 40.5 Å². The van der Waals surface area contributed by atoms with Gasteiger partial charge in [-0.1, -0.05) is 0 Å². The molecule has 0 saturated heterocycles. The summed E-state index contributed by atoms with van der Waals surface area (Å²) in [4.78, 5) is 11.6. The van der Waals surface area contributed by atoms with Crippen LogP contribution in [0.4, 0.5) is 0 Å². The normalized spacial score (nSPS) is 11.2. The molecule has 1 aromatic carbocycles. The Balaban J connectivity index is 0.00000441. The van der Waals surface area contributed by atoms with Gasteiger partial charge < -0.3 is 24.8 Å². The topological polar surface area (TPSA) is 68.8 Å². The maximum atomic E-state index is 11.6. The molecule has 22 heavy (non-hydrogen) atoms. The molecule has 1 rings (SSSR count). The van der Waals surface area contributed by atoms with Crippen molar-refractivity contribution >= 4 is 18.3 Å². The predicted molar refractivity (Wildman–Crippen MR) is 88.1 cm³/mol. The van der Waals surface area contributed by atoms with Gasteiger partial charge in [-0.2, -0.15) is 0 Å². The van der Waals surface area contributed by atoms with Gasteiger partial charge >= 0.3 is 0 Å². The third-order valence-corrected chi connectivity index (χ3v) is 2.75. The van der Waals surface area contributed by atoms with Crippen molar-refractivity contribution in [2.45, 2.75) is 13.0 Å². The summed E-state index contributed by atoms with van der Waals surface area (Å²) in [6, 6.07) is 7.34. The highest BCUT2D eigenvalue weighted by Crippen LogP contribution is 2.17. The van der Waals surface area contributed by atoms with E-state index < -0.39 is 0 Å². The summed E-state index contributed by atoms with van der Waals surface area (Å²) in [5.41, 5.74) is 0. The van der Waals surface area contributed by atoms with E-state index in [4.69, 9.17) is 14.2 Å². The zero-order chi connectivity index (χ0) is 15.5. The van der Waals surface area contributed by atoms with Crippen LogP contribution in [0.5, 0.6) is 11.5 Å². The molecule has 0 fully saturated rings. The second kappa shape index (κ2) is 12.1. The number of benzene rings is 1. The second-order valence-corrected chi connectivity index (χ2v) is 4.58. The molecule has 7 heteroatoms. The smallest absolute Gasteiger partial charge is 0.234 e. The minimum Gasteiger partial charge on any atom is -0.497 e. The van der Waals surface area contributed by atoms with Gasteiger partial charge in [-0.15, -0.1) is 12.4 Å². The summed E-state index contributed by atoms with van der Waals surface area (Å²) >= 11 is 0. The number of rotatable bonds is 10. The lowest BCUT2D eigenvalue weighted by molar-refractivity contribution is -0.120. The van der Waals surface area contributed by atoms with Gasteiger partial charge in [0.1, 0.15) is 17.6 Å². The monoisotopic (exact) mass is 332 g/mol. The van der Waals surface area contributed by atoms with Crippen LogP contribution < -0.4 is 20.1 Å². The number of carbonyl (C=O) groups excluding carboxylic acids is 1. The van der Waals surface area contributed by atoms with Crippen LogP contribution in [0.3, 0.4) is 0 Å². The van der Waals surface area contributed by atoms with Gasteiger partial charge in [0.15, 0.2) is 0 Å². The minimum absolute atomic E-state index is 0. The number of hydrogen-bond donors (Lipinski definition) is 2. The Labute approximate surface area is 137 Å². The molecule has 0 heterocycles. The van der Waals surface area contributed by atoms with Gasteiger partial charge in [-0.25, -0.2) is 0 Å². The minimum atomic E-state index is -0.110. The van der Waals surface area contributed by atoms with Crippen molar-refractivity contribution in [3.8, 4) is 11.5 Å². The second-order valence-electron chi connectivity index (χ2n) is 4.58. The fourth-order valence-corrected chi connectivity index (χ4v) is 1.62. The first-order valence-corrected chi connectivity index (χ1v) is 6.92. The third-order valence-electron chi connectivity index (χ3n) is 2.75. The summed E-state index contributed by atoms with van der Waals surface area (Å²) in [6.45, 7) is 3.88. The van der Waals surface area contributed by atoms with E-state index in [2.05, 4.69) is 10.6 Å². The van der Waals surface area contributed by atoms with Crippen LogP contribution >= 0.6 is 12.4 Å². The van der Waals surface area contributed by atoms with Crippen LogP contribution in [-0.4, -0.2) is 52.5 Å². The summed E-state index contributed by atoms with van der Waals surface area (Å²) < 4.78 is 15.7. The molecule has 0 aromatic heterocycles. The van der Waals surface area contributed by atoms with Crippen LogP contribution in [0, 0.1) is 0 Å².